The third-order valence-electron chi connectivity index (χ3n) is 4.05. The van der Waals surface area contributed by atoms with Gasteiger partial charge in [0, 0.05) is 22.6 Å². The van der Waals surface area contributed by atoms with Crippen LogP contribution in [0.4, 0.5) is 17.1 Å². The summed E-state index contributed by atoms with van der Waals surface area (Å²) >= 11 is 0. The molecule has 0 aliphatic carbocycles. The summed E-state index contributed by atoms with van der Waals surface area (Å²) < 4.78 is 0. The second-order valence-electron chi connectivity index (χ2n) is 5.68. The van der Waals surface area contributed by atoms with E-state index < -0.39 is 0 Å². The van der Waals surface area contributed by atoms with Crippen molar-refractivity contribution in [2.24, 2.45) is 0 Å². The summed E-state index contributed by atoms with van der Waals surface area (Å²) in [5.74, 6) is 2.63. The van der Waals surface area contributed by atoms with Gasteiger partial charge in [0.25, 0.3) is 0 Å². The molecule has 0 atom stereocenters. The van der Waals surface area contributed by atoms with E-state index >= 15 is 0 Å². The molecule has 0 aliphatic rings. The highest BCUT2D eigenvalue weighted by Crippen LogP contribution is 2.34. The first-order valence-corrected chi connectivity index (χ1v) is 8.01. The molecule has 0 bridgehead atoms. The Bertz CT molecular complexity index is 812. The van der Waals surface area contributed by atoms with E-state index in [0.717, 1.165) is 33.8 Å². The molecule has 3 aromatic carbocycles. The highest BCUT2D eigenvalue weighted by Gasteiger charge is 2.12. The standard InChI is InChI=1S/C22H19NO2/c1-2-17-3-9-20(10-4-17)23(21-11-5-18(15-24)6-12-21)22-13-7-19(16-25)8-14-22/h1,3-14,24-25H,15-16H2. The molecule has 3 aromatic rings. The Labute approximate surface area is 147 Å². The lowest BCUT2D eigenvalue weighted by Gasteiger charge is -2.26. The van der Waals surface area contributed by atoms with Crippen LogP contribution in [-0.4, -0.2) is 10.2 Å². The van der Waals surface area contributed by atoms with Gasteiger partial charge in [0.15, 0.2) is 0 Å². The zero-order valence-corrected chi connectivity index (χ0v) is 13.8. The molecule has 3 nitrogen and oxygen atoms in total. The van der Waals surface area contributed by atoms with Gasteiger partial charge in [-0.05, 0) is 59.7 Å². The predicted octanol–water partition coefficient (Wildman–Crippen LogP) is 4.12. The minimum atomic E-state index is 0.0162. The molecule has 0 aliphatic heterocycles. The van der Waals surface area contributed by atoms with Gasteiger partial charge in [-0.15, -0.1) is 6.42 Å². The zero-order chi connectivity index (χ0) is 17.6. The lowest BCUT2D eigenvalue weighted by Crippen LogP contribution is -2.10. The molecule has 2 N–H and O–H groups in total. The molecule has 0 unspecified atom stereocenters. The van der Waals surface area contributed by atoms with Crippen LogP contribution < -0.4 is 4.90 Å². The zero-order valence-electron chi connectivity index (χ0n) is 13.8. The van der Waals surface area contributed by atoms with Crippen LogP contribution in [0.3, 0.4) is 0 Å². The quantitative estimate of drug-likeness (QED) is 0.692. The molecule has 0 saturated heterocycles. The summed E-state index contributed by atoms with van der Waals surface area (Å²) in [6, 6.07) is 23.3. The summed E-state index contributed by atoms with van der Waals surface area (Å²) in [5.41, 5.74) is 5.48. The SMILES string of the molecule is C#Cc1ccc(N(c2ccc(CO)cc2)c2ccc(CO)cc2)cc1. The number of rotatable bonds is 5. The second-order valence-corrected chi connectivity index (χ2v) is 5.68. The molecule has 25 heavy (non-hydrogen) atoms. The van der Waals surface area contributed by atoms with E-state index in [1.54, 1.807) is 0 Å². The first-order valence-electron chi connectivity index (χ1n) is 8.01. The van der Waals surface area contributed by atoms with Gasteiger partial charge >= 0.3 is 0 Å². The normalized spacial score (nSPS) is 10.3. The Hall–Kier alpha value is -3.06. The fraction of sp³-hybridized carbons (Fsp3) is 0.0909. The van der Waals surface area contributed by atoms with Gasteiger partial charge in [0.2, 0.25) is 0 Å². The fourth-order valence-electron chi connectivity index (χ4n) is 2.65. The molecule has 124 valence electrons. The minimum absolute atomic E-state index is 0.0162. The lowest BCUT2D eigenvalue weighted by atomic mass is 10.1. The lowest BCUT2D eigenvalue weighted by molar-refractivity contribution is 0.281. The maximum atomic E-state index is 9.26. The van der Waals surface area contributed by atoms with E-state index in [0.29, 0.717) is 0 Å². The van der Waals surface area contributed by atoms with Crippen molar-refractivity contribution in [1.29, 1.82) is 0 Å². The van der Waals surface area contributed by atoms with Crippen molar-refractivity contribution in [3.8, 4) is 12.3 Å². The minimum Gasteiger partial charge on any atom is -0.392 e. The highest BCUT2D eigenvalue weighted by atomic mass is 16.3. The van der Waals surface area contributed by atoms with Crippen LogP contribution in [0.5, 0.6) is 0 Å². The largest absolute Gasteiger partial charge is 0.392 e. The van der Waals surface area contributed by atoms with Crippen molar-refractivity contribution >= 4 is 17.1 Å². The van der Waals surface area contributed by atoms with Gasteiger partial charge in [-0.2, -0.15) is 0 Å². The predicted molar refractivity (Wildman–Crippen MR) is 101 cm³/mol. The molecule has 0 heterocycles. The Morgan fingerprint density at radius 3 is 1.32 bits per heavy atom. The number of aliphatic hydroxyl groups excluding tert-OH is 2. The average Bonchev–Trinajstić information content (AvgIpc) is 2.70. The third kappa shape index (κ3) is 3.72. The van der Waals surface area contributed by atoms with Crippen LogP contribution >= 0.6 is 0 Å². The van der Waals surface area contributed by atoms with Gasteiger partial charge in [-0.3, -0.25) is 0 Å². The number of anilines is 3. The van der Waals surface area contributed by atoms with Crippen LogP contribution in [0.25, 0.3) is 0 Å². The van der Waals surface area contributed by atoms with Crippen molar-refractivity contribution in [2.75, 3.05) is 4.90 Å². The average molecular weight is 329 g/mol. The Morgan fingerprint density at radius 2 is 1.00 bits per heavy atom. The van der Waals surface area contributed by atoms with Gasteiger partial charge in [-0.25, -0.2) is 0 Å². The van der Waals surface area contributed by atoms with Crippen LogP contribution in [0.2, 0.25) is 0 Å². The first kappa shape index (κ1) is 16.8. The van der Waals surface area contributed by atoms with Gasteiger partial charge in [0.05, 0.1) is 13.2 Å². The van der Waals surface area contributed by atoms with Crippen molar-refractivity contribution < 1.29 is 10.2 Å². The molecule has 0 fully saturated rings. The van der Waals surface area contributed by atoms with Gasteiger partial charge in [0.1, 0.15) is 0 Å². The smallest absolute Gasteiger partial charge is 0.0681 e. The Balaban J connectivity index is 2.06. The molecular weight excluding hydrogens is 310 g/mol. The number of nitrogens with zero attached hydrogens (tertiary/aromatic N) is 1. The summed E-state index contributed by atoms with van der Waals surface area (Å²) in [4.78, 5) is 2.10. The number of benzene rings is 3. The van der Waals surface area contributed by atoms with Crippen molar-refractivity contribution in [2.45, 2.75) is 13.2 Å². The Kier molecular flexibility index (Phi) is 5.15. The third-order valence-corrected chi connectivity index (χ3v) is 4.05. The summed E-state index contributed by atoms with van der Waals surface area (Å²) in [7, 11) is 0. The molecule has 0 spiro atoms. The monoisotopic (exact) mass is 329 g/mol. The number of hydrogen-bond donors (Lipinski definition) is 2. The molecule has 0 amide bonds. The maximum Gasteiger partial charge on any atom is 0.0681 e. The maximum absolute atomic E-state index is 9.26. The van der Waals surface area contributed by atoms with Crippen LogP contribution in [-0.2, 0) is 13.2 Å². The second kappa shape index (κ2) is 7.67. The molecular formula is C22H19NO2. The van der Waals surface area contributed by atoms with Crippen molar-refractivity contribution in [3.63, 3.8) is 0 Å². The van der Waals surface area contributed by atoms with E-state index in [9.17, 15) is 10.2 Å². The van der Waals surface area contributed by atoms with Crippen molar-refractivity contribution in [1.82, 2.24) is 0 Å². The highest BCUT2D eigenvalue weighted by molar-refractivity contribution is 5.76. The van der Waals surface area contributed by atoms with E-state index in [1.165, 1.54) is 0 Å². The van der Waals surface area contributed by atoms with Crippen LogP contribution in [0.1, 0.15) is 16.7 Å². The fourth-order valence-corrected chi connectivity index (χ4v) is 2.65. The van der Waals surface area contributed by atoms with E-state index in [1.807, 2.05) is 72.8 Å². The summed E-state index contributed by atoms with van der Waals surface area (Å²) in [6.45, 7) is 0.0324. The van der Waals surface area contributed by atoms with E-state index in [4.69, 9.17) is 6.42 Å². The summed E-state index contributed by atoms with van der Waals surface area (Å²) in [6.07, 6.45) is 5.45. The van der Waals surface area contributed by atoms with Crippen LogP contribution in [0.15, 0.2) is 72.8 Å². The van der Waals surface area contributed by atoms with E-state index in [2.05, 4.69) is 10.8 Å². The topological polar surface area (TPSA) is 43.7 Å². The van der Waals surface area contributed by atoms with E-state index in [-0.39, 0.29) is 13.2 Å². The van der Waals surface area contributed by atoms with Gasteiger partial charge in [-0.1, -0.05) is 30.2 Å². The van der Waals surface area contributed by atoms with Gasteiger partial charge < -0.3 is 15.1 Å². The molecule has 3 rings (SSSR count). The molecule has 3 heteroatoms. The van der Waals surface area contributed by atoms with Crippen LogP contribution in [0, 0.1) is 12.3 Å². The molecule has 0 saturated carbocycles. The Morgan fingerprint density at radius 1 is 0.640 bits per heavy atom. The van der Waals surface area contributed by atoms with Crippen molar-refractivity contribution in [3.05, 3.63) is 89.5 Å². The number of terminal acetylenes is 1. The first-order chi connectivity index (χ1) is 12.2. The summed E-state index contributed by atoms with van der Waals surface area (Å²) in [5, 5.41) is 18.5. The molecule has 0 aromatic heterocycles. The number of aliphatic hydroxyl groups is 2. The molecule has 0 radical (unpaired) electrons. The number of hydrogen-bond acceptors (Lipinski definition) is 3.